The number of hydrogen-bond donors (Lipinski definition) is 0. The van der Waals surface area contributed by atoms with E-state index >= 15 is 0 Å². The summed E-state index contributed by atoms with van der Waals surface area (Å²) in [6.45, 7) is 5.53. The van der Waals surface area contributed by atoms with Crippen molar-refractivity contribution in [1.29, 1.82) is 0 Å². The van der Waals surface area contributed by atoms with Gasteiger partial charge in [0.25, 0.3) is 0 Å². The Morgan fingerprint density at radius 2 is 2.00 bits per heavy atom. The largest absolute Gasteiger partial charge is 0.464 e. The highest BCUT2D eigenvalue weighted by atomic mass is 79.9. The summed E-state index contributed by atoms with van der Waals surface area (Å²) in [7, 11) is 0. The molecule has 0 bridgehead atoms. The molecule has 2 aromatic rings. The summed E-state index contributed by atoms with van der Waals surface area (Å²) in [5, 5.41) is 0. The number of hydrogen-bond acceptors (Lipinski definition) is 3. The molecular weight excluding hydrogens is 308 g/mol. The predicted octanol–water partition coefficient (Wildman–Crippen LogP) is 4.66. The van der Waals surface area contributed by atoms with Crippen LogP contribution >= 0.6 is 15.9 Å². The van der Waals surface area contributed by atoms with E-state index in [2.05, 4.69) is 15.9 Å². The van der Waals surface area contributed by atoms with Gasteiger partial charge < -0.3 is 9.15 Å². The third kappa shape index (κ3) is 3.47. The number of rotatable bonds is 2. The van der Waals surface area contributed by atoms with Gasteiger partial charge in [-0.05, 0) is 51.1 Å². The van der Waals surface area contributed by atoms with E-state index in [1.165, 1.54) is 0 Å². The van der Waals surface area contributed by atoms with Crippen molar-refractivity contribution in [3.63, 3.8) is 0 Å². The second kappa shape index (κ2) is 5.21. The third-order valence-corrected chi connectivity index (χ3v) is 2.88. The number of benzene rings is 1. The van der Waals surface area contributed by atoms with Crippen molar-refractivity contribution in [2.24, 2.45) is 0 Å². The lowest BCUT2D eigenvalue weighted by Gasteiger charge is -2.20. The molecule has 1 aromatic heterocycles. The van der Waals surface area contributed by atoms with Crippen LogP contribution in [0.15, 0.2) is 45.5 Å². The molecule has 0 N–H and O–H groups in total. The van der Waals surface area contributed by atoms with E-state index in [4.69, 9.17) is 9.15 Å². The first-order chi connectivity index (χ1) is 8.87. The van der Waals surface area contributed by atoms with Crippen molar-refractivity contribution in [3.8, 4) is 11.3 Å². The number of carbonyl (C=O) groups excluding carboxylic acids is 1. The molecule has 19 heavy (non-hydrogen) atoms. The van der Waals surface area contributed by atoms with Crippen LogP contribution in [0.3, 0.4) is 0 Å². The van der Waals surface area contributed by atoms with Gasteiger partial charge in [0, 0.05) is 10.0 Å². The third-order valence-electron chi connectivity index (χ3n) is 2.39. The van der Waals surface area contributed by atoms with Gasteiger partial charge in [-0.15, -0.1) is 0 Å². The van der Waals surface area contributed by atoms with Crippen molar-refractivity contribution in [3.05, 3.63) is 46.6 Å². The van der Waals surface area contributed by atoms with E-state index in [-0.39, 0.29) is 5.97 Å². The van der Waals surface area contributed by atoms with Gasteiger partial charge in [-0.1, -0.05) is 15.9 Å². The fourth-order valence-electron chi connectivity index (χ4n) is 1.67. The molecular formula is C15H15BrO3. The predicted molar refractivity (Wildman–Crippen MR) is 77.0 cm³/mol. The van der Waals surface area contributed by atoms with Gasteiger partial charge in [0.15, 0.2) is 0 Å². The molecule has 0 amide bonds. The number of esters is 1. The Morgan fingerprint density at radius 3 is 2.58 bits per heavy atom. The Kier molecular flexibility index (Phi) is 3.80. The molecule has 2 rings (SSSR count). The van der Waals surface area contributed by atoms with Crippen molar-refractivity contribution in [1.82, 2.24) is 0 Å². The Morgan fingerprint density at radius 1 is 1.26 bits per heavy atom. The molecule has 0 spiro atoms. The van der Waals surface area contributed by atoms with E-state index in [1.807, 2.05) is 39.0 Å². The van der Waals surface area contributed by atoms with E-state index in [1.54, 1.807) is 18.4 Å². The minimum atomic E-state index is -0.528. The fraction of sp³-hybridized carbons (Fsp3) is 0.267. The van der Waals surface area contributed by atoms with E-state index in [0.29, 0.717) is 11.3 Å². The molecule has 4 heteroatoms. The summed E-state index contributed by atoms with van der Waals surface area (Å²) in [5.74, 6) is 0.286. The van der Waals surface area contributed by atoms with Crippen molar-refractivity contribution in [2.75, 3.05) is 0 Å². The van der Waals surface area contributed by atoms with Crippen LogP contribution in [0.1, 0.15) is 31.1 Å². The summed E-state index contributed by atoms with van der Waals surface area (Å²) in [5.41, 5.74) is 0.682. The maximum absolute atomic E-state index is 12.2. The second-order valence-electron chi connectivity index (χ2n) is 5.17. The number of halogens is 1. The Hall–Kier alpha value is -1.55. The average Bonchev–Trinajstić information content (AvgIpc) is 2.80. The minimum absolute atomic E-state index is 0.361. The van der Waals surface area contributed by atoms with E-state index in [9.17, 15) is 4.79 Å². The highest BCUT2D eigenvalue weighted by Gasteiger charge is 2.22. The lowest BCUT2D eigenvalue weighted by Crippen LogP contribution is -2.24. The molecule has 0 unspecified atom stereocenters. The topological polar surface area (TPSA) is 39.4 Å². The Balaban J connectivity index is 2.44. The van der Waals surface area contributed by atoms with Crippen LogP contribution in [-0.2, 0) is 4.74 Å². The summed E-state index contributed by atoms with van der Waals surface area (Å²) in [4.78, 5) is 12.2. The van der Waals surface area contributed by atoms with Crippen LogP contribution in [0.2, 0.25) is 0 Å². The molecule has 1 heterocycles. The molecule has 0 aliphatic carbocycles. The smallest absolute Gasteiger partial charge is 0.339 e. The standard InChI is InChI=1S/C15H15BrO3/c1-15(2,3)19-14(17)12-9-10(16)6-7-11(12)13-5-4-8-18-13/h4-9H,1-3H3. The van der Waals surface area contributed by atoms with Gasteiger partial charge in [0.1, 0.15) is 11.4 Å². The fourth-order valence-corrected chi connectivity index (χ4v) is 2.03. The molecule has 0 radical (unpaired) electrons. The minimum Gasteiger partial charge on any atom is -0.464 e. The van der Waals surface area contributed by atoms with E-state index < -0.39 is 5.60 Å². The molecule has 3 nitrogen and oxygen atoms in total. The van der Waals surface area contributed by atoms with Gasteiger partial charge in [-0.2, -0.15) is 0 Å². The molecule has 100 valence electrons. The van der Waals surface area contributed by atoms with Crippen LogP contribution in [0.5, 0.6) is 0 Å². The maximum Gasteiger partial charge on any atom is 0.339 e. The average molecular weight is 323 g/mol. The zero-order valence-electron chi connectivity index (χ0n) is 11.1. The van der Waals surface area contributed by atoms with Gasteiger partial charge in [0.05, 0.1) is 11.8 Å². The first-order valence-corrected chi connectivity index (χ1v) is 6.73. The van der Waals surface area contributed by atoms with Gasteiger partial charge >= 0.3 is 5.97 Å². The van der Waals surface area contributed by atoms with Crippen LogP contribution < -0.4 is 0 Å². The van der Waals surface area contributed by atoms with E-state index in [0.717, 1.165) is 10.0 Å². The summed E-state index contributed by atoms with van der Waals surface area (Å²) < 4.78 is 11.6. The molecule has 0 saturated heterocycles. The molecule has 0 aliphatic rings. The number of carbonyl (C=O) groups is 1. The highest BCUT2D eigenvalue weighted by Crippen LogP contribution is 2.28. The van der Waals surface area contributed by atoms with Gasteiger partial charge in [-0.25, -0.2) is 4.79 Å². The van der Waals surface area contributed by atoms with Crippen molar-refractivity contribution in [2.45, 2.75) is 26.4 Å². The number of furan rings is 1. The molecule has 0 saturated carbocycles. The molecule has 0 fully saturated rings. The summed E-state index contributed by atoms with van der Waals surface area (Å²) >= 11 is 3.37. The van der Waals surface area contributed by atoms with Gasteiger partial charge in [0.2, 0.25) is 0 Å². The Labute approximate surface area is 120 Å². The Bertz CT molecular complexity index is 580. The molecule has 0 atom stereocenters. The zero-order valence-corrected chi connectivity index (χ0v) is 12.7. The first-order valence-electron chi connectivity index (χ1n) is 5.93. The van der Waals surface area contributed by atoms with Crippen LogP contribution in [0.25, 0.3) is 11.3 Å². The summed E-state index contributed by atoms with van der Waals surface area (Å²) in [6, 6.07) is 9.05. The zero-order chi connectivity index (χ0) is 14.0. The quantitative estimate of drug-likeness (QED) is 0.754. The van der Waals surface area contributed by atoms with Crippen LogP contribution in [-0.4, -0.2) is 11.6 Å². The lowest BCUT2D eigenvalue weighted by molar-refractivity contribution is 0.00702. The maximum atomic E-state index is 12.2. The van der Waals surface area contributed by atoms with Crippen LogP contribution in [0, 0.1) is 0 Å². The monoisotopic (exact) mass is 322 g/mol. The van der Waals surface area contributed by atoms with Gasteiger partial charge in [-0.3, -0.25) is 0 Å². The normalized spacial score (nSPS) is 11.4. The lowest BCUT2D eigenvalue weighted by atomic mass is 10.1. The number of ether oxygens (including phenoxy) is 1. The van der Waals surface area contributed by atoms with Crippen molar-refractivity contribution < 1.29 is 13.9 Å². The van der Waals surface area contributed by atoms with Crippen molar-refractivity contribution >= 4 is 21.9 Å². The molecule has 0 aliphatic heterocycles. The summed E-state index contributed by atoms with van der Waals surface area (Å²) in [6.07, 6.45) is 1.58. The second-order valence-corrected chi connectivity index (χ2v) is 6.08. The SMILES string of the molecule is CC(C)(C)OC(=O)c1cc(Br)ccc1-c1ccco1. The highest BCUT2D eigenvalue weighted by molar-refractivity contribution is 9.10. The molecule has 1 aromatic carbocycles. The first kappa shape index (κ1) is 13.9. The van der Waals surface area contributed by atoms with Crippen LogP contribution in [0.4, 0.5) is 0 Å².